The van der Waals surface area contributed by atoms with Crippen molar-refractivity contribution in [3.63, 3.8) is 0 Å². The number of hydrogen-bond donors (Lipinski definition) is 3. The van der Waals surface area contributed by atoms with Crippen molar-refractivity contribution in [2.24, 2.45) is 5.92 Å². The molecule has 1 unspecified atom stereocenters. The predicted molar refractivity (Wildman–Crippen MR) is 72.9 cm³/mol. The number of carbonyl (C=O) groups excluding carboxylic acids is 1. The second kappa shape index (κ2) is 6.86. The number of hydrogen-bond acceptors (Lipinski definition) is 4. The fraction of sp³-hybridized carbons (Fsp3) is 0.846. The summed E-state index contributed by atoms with van der Waals surface area (Å²) in [7, 11) is 0. The summed E-state index contributed by atoms with van der Waals surface area (Å²) in [4.78, 5) is 25.0. The molecule has 1 aliphatic rings. The molecule has 6 nitrogen and oxygen atoms in total. The largest absolute Gasteiger partial charge is 0.481 e. The maximum absolute atomic E-state index is 12.2. The lowest BCUT2D eigenvalue weighted by Crippen LogP contribution is -2.60. The molecule has 1 heterocycles. The van der Waals surface area contributed by atoms with Gasteiger partial charge in [0.2, 0.25) is 5.91 Å². The molecule has 3 N–H and O–H groups in total. The monoisotopic (exact) mass is 271 g/mol. The number of rotatable bonds is 6. The Hall–Kier alpha value is -1.14. The Bertz CT molecular complexity index is 325. The molecule has 1 saturated heterocycles. The van der Waals surface area contributed by atoms with Crippen LogP contribution >= 0.6 is 0 Å². The highest BCUT2D eigenvalue weighted by Crippen LogP contribution is 2.15. The number of nitrogens with one attached hydrogen (secondary N) is 2. The predicted octanol–water partition coefficient (Wildman–Crippen LogP) is -0.103. The Morgan fingerprint density at radius 1 is 1.37 bits per heavy atom. The van der Waals surface area contributed by atoms with Crippen molar-refractivity contribution in [2.45, 2.75) is 32.7 Å². The van der Waals surface area contributed by atoms with Gasteiger partial charge in [0.1, 0.15) is 0 Å². The first-order chi connectivity index (χ1) is 8.85. The van der Waals surface area contributed by atoms with Gasteiger partial charge in [-0.25, -0.2) is 0 Å². The van der Waals surface area contributed by atoms with Crippen LogP contribution in [0.4, 0.5) is 0 Å². The molecule has 0 aromatic carbocycles. The lowest BCUT2D eigenvalue weighted by atomic mass is 10.00. The minimum atomic E-state index is -0.824. The van der Waals surface area contributed by atoms with E-state index < -0.39 is 17.4 Å². The van der Waals surface area contributed by atoms with Crippen LogP contribution < -0.4 is 10.6 Å². The van der Waals surface area contributed by atoms with Gasteiger partial charge in [-0.05, 0) is 20.3 Å². The van der Waals surface area contributed by atoms with Crippen molar-refractivity contribution in [3.05, 3.63) is 0 Å². The van der Waals surface area contributed by atoms with Crippen LogP contribution in [0.2, 0.25) is 0 Å². The summed E-state index contributed by atoms with van der Waals surface area (Å²) >= 11 is 0. The third kappa shape index (κ3) is 4.47. The highest BCUT2D eigenvalue weighted by atomic mass is 16.4. The molecule has 0 spiro atoms. The Morgan fingerprint density at radius 2 is 1.95 bits per heavy atom. The number of piperazine rings is 1. The van der Waals surface area contributed by atoms with Crippen LogP contribution in [0.5, 0.6) is 0 Å². The zero-order valence-electron chi connectivity index (χ0n) is 12.0. The number of carboxylic acids is 1. The summed E-state index contributed by atoms with van der Waals surface area (Å²) in [6.45, 7) is 9.37. The first-order valence-electron chi connectivity index (χ1n) is 6.82. The van der Waals surface area contributed by atoms with E-state index in [9.17, 15) is 9.59 Å². The minimum Gasteiger partial charge on any atom is -0.481 e. The third-order valence-electron chi connectivity index (χ3n) is 3.75. The number of carbonyl (C=O) groups is 2. The third-order valence-corrected chi connectivity index (χ3v) is 3.75. The summed E-state index contributed by atoms with van der Waals surface area (Å²) in [5, 5.41) is 14.9. The van der Waals surface area contributed by atoms with E-state index in [0.717, 1.165) is 26.2 Å². The molecular weight excluding hydrogens is 246 g/mol. The van der Waals surface area contributed by atoms with E-state index in [1.807, 2.05) is 13.8 Å². The zero-order chi connectivity index (χ0) is 14.5. The first kappa shape index (κ1) is 15.9. The lowest BCUT2D eigenvalue weighted by Gasteiger charge is -2.39. The van der Waals surface area contributed by atoms with Crippen LogP contribution in [0.15, 0.2) is 0 Å². The number of carboxylic acid groups (broad SMARTS) is 1. The molecule has 1 amide bonds. The summed E-state index contributed by atoms with van der Waals surface area (Å²) in [5.74, 6) is -1.29. The van der Waals surface area contributed by atoms with Crippen molar-refractivity contribution in [1.29, 1.82) is 0 Å². The highest BCUT2D eigenvalue weighted by Gasteiger charge is 2.34. The molecule has 0 saturated carbocycles. The normalized spacial score (nSPS) is 18.9. The van der Waals surface area contributed by atoms with E-state index in [1.54, 1.807) is 6.92 Å². The Balaban J connectivity index is 2.40. The van der Waals surface area contributed by atoms with E-state index in [0.29, 0.717) is 13.0 Å². The van der Waals surface area contributed by atoms with Crippen LogP contribution in [0.25, 0.3) is 0 Å². The quantitative estimate of drug-likeness (QED) is 0.628. The standard InChI is InChI=1S/C13H25N3O3/c1-10(11(17)18)4-5-15-12(19)13(2,3)16-8-6-14-7-9-16/h10,14H,4-9H2,1-3H3,(H,15,19)(H,17,18). The maximum Gasteiger partial charge on any atom is 0.306 e. The molecule has 1 aliphatic heterocycles. The summed E-state index contributed by atoms with van der Waals surface area (Å²) in [6.07, 6.45) is 0.457. The van der Waals surface area contributed by atoms with E-state index in [2.05, 4.69) is 15.5 Å². The van der Waals surface area contributed by atoms with E-state index in [4.69, 9.17) is 5.11 Å². The van der Waals surface area contributed by atoms with Gasteiger partial charge in [0.25, 0.3) is 0 Å². The topological polar surface area (TPSA) is 81.7 Å². The van der Waals surface area contributed by atoms with Crippen molar-refractivity contribution in [2.75, 3.05) is 32.7 Å². The van der Waals surface area contributed by atoms with Gasteiger partial charge in [0.05, 0.1) is 11.5 Å². The van der Waals surface area contributed by atoms with Crippen LogP contribution in [0, 0.1) is 5.92 Å². The van der Waals surface area contributed by atoms with E-state index >= 15 is 0 Å². The number of amides is 1. The molecule has 0 aromatic heterocycles. The van der Waals surface area contributed by atoms with Gasteiger partial charge >= 0.3 is 5.97 Å². The highest BCUT2D eigenvalue weighted by molar-refractivity contribution is 5.85. The van der Waals surface area contributed by atoms with Gasteiger partial charge in [-0.15, -0.1) is 0 Å². The molecule has 1 atom stereocenters. The average molecular weight is 271 g/mol. The second-order valence-corrected chi connectivity index (χ2v) is 5.58. The molecule has 6 heteroatoms. The second-order valence-electron chi connectivity index (χ2n) is 5.58. The van der Waals surface area contributed by atoms with Crippen LogP contribution in [-0.2, 0) is 9.59 Å². The Kier molecular flexibility index (Phi) is 5.75. The van der Waals surface area contributed by atoms with Gasteiger partial charge < -0.3 is 15.7 Å². The van der Waals surface area contributed by atoms with Crippen molar-refractivity contribution >= 4 is 11.9 Å². The first-order valence-corrected chi connectivity index (χ1v) is 6.82. The van der Waals surface area contributed by atoms with Crippen molar-refractivity contribution in [1.82, 2.24) is 15.5 Å². The van der Waals surface area contributed by atoms with Gasteiger partial charge in [-0.2, -0.15) is 0 Å². The summed E-state index contributed by atoms with van der Waals surface area (Å²) in [5.41, 5.74) is -0.547. The molecule has 1 rings (SSSR count). The smallest absolute Gasteiger partial charge is 0.306 e. The fourth-order valence-corrected chi connectivity index (χ4v) is 2.11. The molecule has 0 bridgehead atoms. The van der Waals surface area contributed by atoms with Gasteiger partial charge in [-0.1, -0.05) is 6.92 Å². The Morgan fingerprint density at radius 3 is 2.47 bits per heavy atom. The van der Waals surface area contributed by atoms with E-state index in [1.165, 1.54) is 0 Å². The van der Waals surface area contributed by atoms with Crippen LogP contribution in [0.1, 0.15) is 27.2 Å². The molecule has 0 aromatic rings. The average Bonchev–Trinajstić information content (AvgIpc) is 2.39. The maximum atomic E-state index is 12.2. The fourth-order valence-electron chi connectivity index (χ4n) is 2.11. The number of nitrogens with zero attached hydrogens (tertiary/aromatic N) is 1. The molecule has 0 radical (unpaired) electrons. The van der Waals surface area contributed by atoms with Gasteiger partial charge in [0, 0.05) is 32.7 Å². The number of aliphatic carboxylic acids is 1. The van der Waals surface area contributed by atoms with E-state index in [-0.39, 0.29) is 5.91 Å². The van der Waals surface area contributed by atoms with Crippen molar-refractivity contribution in [3.8, 4) is 0 Å². The summed E-state index contributed by atoms with van der Waals surface area (Å²) in [6, 6.07) is 0. The molecule has 1 fully saturated rings. The van der Waals surface area contributed by atoms with Crippen LogP contribution in [-0.4, -0.2) is 60.1 Å². The lowest BCUT2D eigenvalue weighted by molar-refractivity contribution is -0.141. The van der Waals surface area contributed by atoms with Crippen LogP contribution in [0.3, 0.4) is 0 Å². The zero-order valence-corrected chi connectivity index (χ0v) is 12.0. The minimum absolute atomic E-state index is 0.0352. The Labute approximate surface area is 114 Å². The SMILES string of the molecule is CC(CCNC(=O)C(C)(C)N1CCNCC1)C(=O)O. The van der Waals surface area contributed by atoms with Crippen molar-refractivity contribution < 1.29 is 14.7 Å². The molecular formula is C13H25N3O3. The van der Waals surface area contributed by atoms with Gasteiger partial charge in [-0.3, -0.25) is 14.5 Å². The summed E-state index contributed by atoms with van der Waals surface area (Å²) < 4.78 is 0. The molecule has 19 heavy (non-hydrogen) atoms. The molecule has 0 aliphatic carbocycles. The molecule has 110 valence electrons. The van der Waals surface area contributed by atoms with Gasteiger partial charge in [0.15, 0.2) is 0 Å².